The molecule has 2 amide bonds. The highest BCUT2D eigenvalue weighted by Gasteiger charge is 2.58. The van der Waals surface area contributed by atoms with Crippen LogP contribution in [0.15, 0.2) is 30.2 Å². The molecule has 3 aromatic rings. The van der Waals surface area contributed by atoms with E-state index in [9.17, 15) is 9.59 Å². The van der Waals surface area contributed by atoms with Gasteiger partial charge in [0.25, 0.3) is 5.91 Å². The minimum atomic E-state index is -0.659. The van der Waals surface area contributed by atoms with Crippen molar-refractivity contribution in [3.63, 3.8) is 0 Å². The van der Waals surface area contributed by atoms with Crippen LogP contribution in [0, 0.1) is 12.3 Å². The van der Waals surface area contributed by atoms with Gasteiger partial charge in [0.15, 0.2) is 0 Å². The summed E-state index contributed by atoms with van der Waals surface area (Å²) in [6.07, 6.45) is 6.03. The van der Waals surface area contributed by atoms with Crippen molar-refractivity contribution < 1.29 is 9.59 Å². The SMILES string of the molecule is Cc1nc(CN2CC[C@]3(CN(C(=O)c4ccnn4C)C[C@@H]3c3cn(C)cn3)C2=O)cs1. The van der Waals surface area contributed by atoms with Gasteiger partial charge in [0.2, 0.25) is 5.91 Å². The van der Waals surface area contributed by atoms with E-state index in [1.807, 2.05) is 35.0 Å². The van der Waals surface area contributed by atoms with Gasteiger partial charge in [0.1, 0.15) is 5.69 Å². The molecule has 2 atom stereocenters. The molecule has 162 valence electrons. The lowest BCUT2D eigenvalue weighted by Crippen LogP contribution is -2.40. The summed E-state index contributed by atoms with van der Waals surface area (Å²) in [5, 5.41) is 7.13. The van der Waals surface area contributed by atoms with Gasteiger partial charge in [-0.05, 0) is 19.4 Å². The summed E-state index contributed by atoms with van der Waals surface area (Å²) in [4.78, 5) is 39.8. The second-order valence-corrected chi connectivity index (χ2v) is 9.60. The number of amides is 2. The number of thiazole rings is 1. The van der Waals surface area contributed by atoms with Gasteiger partial charge in [-0.3, -0.25) is 14.3 Å². The summed E-state index contributed by atoms with van der Waals surface area (Å²) in [7, 11) is 3.68. The molecule has 2 aliphatic rings. The van der Waals surface area contributed by atoms with Crippen LogP contribution in [0.1, 0.15) is 39.2 Å². The van der Waals surface area contributed by atoms with Gasteiger partial charge in [-0.2, -0.15) is 5.10 Å². The number of carbonyl (C=O) groups excluding carboxylic acids is 2. The molecule has 0 aliphatic carbocycles. The second kappa shape index (κ2) is 7.30. The van der Waals surface area contributed by atoms with Crippen molar-refractivity contribution >= 4 is 23.2 Å². The van der Waals surface area contributed by atoms with Crippen molar-refractivity contribution in [1.82, 2.24) is 34.1 Å². The summed E-state index contributed by atoms with van der Waals surface area (Å²) in [6.45, 7) is 4.00. The second-order valence-electron chi connectivity index (χ2n) is 8.53. The Balaban J connectivity index is 1.46. The zero-order chi connectivity index (χ0) is 21.8. The van der Waals surface area contributed by atoms with E-state index in [1.54, 1.807) is 46.6 Å². The Hall–Kier alpha value is -3.01. The first-order valence-corrected chi connectivity index (χ1v) is 11.2. The highest BCUT2D eigenvalue weighted by Crippen LogP contribution is 2.50. The van der Waals surface area contributed by atoms with Gasteiger partial charge in [-0.1, -0.05) is 0 Å². The van der Waals surface area contributed by atoms with E-state index in [4.69, 9.17) is 0 Å². The van der Waals surface area contributed by atoms with Gasteiger partial charge < -0.3 is 14.4 Å². The fourth-order valence-corrected chi connectivity index (χ4v) is 5.56. The zero-order valence-electron chi connectivity index (χ0n) is 17.9. The van der Waals surface area contributed by atoms with Crippen LogP contribution in [0.3, 0.4) is 0 Å². The average Bonchev–Trinajstić information content (AvgIpc) is 3.54. The van der Waals surface area contributed by atoms with Gasteiger partial charge >= 0.3 is 0 Å². The lowest BCUT2D eigenvalue weighted by molar-refractivity contribution is -0.136. The van der Waals surface area contributed by atoms with Crippen LogP contribution < -0.4 is 0 Å². The number of hydrogen-bond donors (Lipinski definition) is 0. The Kier molecular flexibility index (Phi) is 4.69. The van der Waals surface area contributed by atoms with Crippen LogP contribution in [-0.2, 0) is 25.4 Å². The van der Waals surface area contributed by atoms with Gasteiger partial charge in [0, 0.05) is 57.4 Å². The number of carbonyl (C=O) groups is 2. The monoisotopic (exact) mass is 439 g/mol. The summed E-state index contributed by atoms with van der Waals surface area (Å²) in [5.74, 6) is -0.145. The van der Waals surface area contributed by atoms with E-state index >= 15 is 0 Å². The molecule has 0 N–H and O–H groups in total. The van der Waals surface area contributed by atoms with Crippen LogP contribution >= 0.6 is 11.3 Å². The maximum Gasteiger partial charge on any atom is 0.272 e. The highest BCUT2D eigenvalue weighted by atomic mass is 32.1. The standard InChI is InChI=1S/C21H25N7O2S/c1-14-24-15(11-31-14)8-27-7-5-21(20(27)30)12-28(19(29)18-4-6-23-26(18)3)9-16(21)17-10-25(2)13-22-17/h4,6,10-11,13,16H,5,7-9,12H2,1-3H3/t16-,21-/m1/s1. The molecule has 0 bridgehead atoms. The molecular formula is C21H25N7O2S. The van der Waals surface area contributed by atoms with Crippen molar-refractivity contribution in [2.45, 2.75) is 25.8 Å². The van der Waals surface area contributed by atoms with Crippen LogP contribution in [0.25, 0.3) is 0 Å². The quantitative estimate of drug-likeness (QED) is 0.616. The fourth-order valence-electron chi connectivity index (χ4n) is 4.96. The predicted octanol–water partition coefficient (Wildman–Crippen LogP) is 1.58. The van der Waals surface area contributed by atoms with E-state index in [0.29, 0.717) is 38.3 Å². The van der Waals surface area contributed by atoms with E-state index in [2.05, 4.69) is 15.1 Å². The molecule has 5 rings (SSSR count). The molecule has 31 heavy (non-hydrogen) atoms. The third kappa shape index (κ3) is 3.25. The molecule has 5 heterocycles. The lowest BCUT2D eigenvalue weighted by Gasteiger charge is -2.27. The number of likely N-dealkylation sites (tertiary alicyclic amines) is 2. The maximum atomic E-state index is 13.8. The van der Waals surface area contributed by atoms with Crippen LogP contribution in [0.5, 0.6) is 0 Å². The normalized spacial score (nSPS) is 23.5. The fraction of sp³-hybridized carbons (Fsp3) is 0.476. The molecule has 0 saturated carbocycles. The first-order chi connectivity index (χ1) is 14.9. The Morgan fingerprint density at radius 2 is 2.19 bits per heavy atom. The van der Waals surface area contributed by atoms with Crippen molar-refractivity contribution in [2.75, 3.05) is 19.6 Å². The molecule has 0 radical (unpaired) electrons. The Morgan fingerprint density at radius 3 is 2.84 bits per heavy atom. The average molecular weight is 440 g/mol. The number of rotatable bonds is 4. The predicted molar refractivity (Wildman–Crippen MR) is 114 cm³/mol. The smallest absolute Gasteiger partial charge is 0.272 e. The molecule has 0 unspecified atom stereocenters. The van der Waals surface area contributed by atoms with E-state index in [-0.39, 0.29) is 17.7 Å². The number of hydrogen-bond acceptors (Lipinski definition) is 6. The molecule has 9 nitrogen and oxygen atoms in total. The largest absolute Gasteiger partial charge is 0.340 e. The van der Waals surface area contributed by atoms with Crippen LogP contribution in [0.2, 0.25) is 0 Å². The highest BCUT2D eigenvalue weighted by molar-refractivity contribution is 7.09. The van der Waals surface area contributed by atoms with E-state index in [0.717, 1.165) is 16.4 Å². The van der Waals surface area contributed by atoms with Gasteiger partial charge in [-0.15, -0.1) is 11.3 Å². The minimum Gasteiger partial charge on any atom is -0.340 e. The van der Waals surface area contributed by atoms with Crippen LogP contribution in [-0.4, -0.2) is 65.6 Å². The summed E-state index contributed by atoms with van der Waals surface area (Å²) < 4.78 is 3.47. The molecule has 0 aromatic carbocycles. The van der Waals surface area contributed by atoms with Crippen molar-refractivity contribution in [3.8, 4) is 0 Å². The number of aryl methyl sites for hydroxylation is 3. The summed E-state index contributed by atoms with van der Waals surface area (Å²) in [5.41, 5.74) is 1.65. The third-order valence-corrected chi connectivity index (χ3v) is 7.33. The zero-order valence-corrected chi connectivity index (χ0v) is 18.7. The lowest BCUT2D eigenvalue weighted by atomic mass is 9.75. The van der Waals surface area contributed by atoms with Gasteiger partial charge in [-0.25, -0.2) is 9.97 Å². The van der Waals surface area contributed by atoms with Gasteiger partial charge in [0.05, 0.1) is 34.7 Å². The molecular weight excluding hydrogens is 414 g/mol. The molecule has 2 fully saturated rings. The van der Waals surface area contributed by atoms with Crippen molar-refractivity contribution in [1.29, 1.82) is 0 Å². The molecule has 10 heteroatoms. The summed E-state index contributed by atoms with van der Waals surface area (Å²) in [6, 6.07) is 1.72. The summed E-state index contributed by atoms with van der Waals surface area (Å²) >= 11 is 1.59. The molecule has 2 saturated heterocycles. The maximum absolute atomic E-state index is 13.8. The Labute approximate surface area is 184 Å². The molecule has 1 spiro atoms. The Morgan fingerprint density at radius 1 is 1.35 bits per heavy atom. The van der Waals surface area contributed by atoms with Crippen LogP contribution in [0.4, 0.5) is 0 Å². The molecule has 3 aromatic heterocycles. The van der Waals surface area contributed by atoms with E-state index in [1.165, 1.54) is 0 Å². The third-order valence-electron chi connectivity index (χ3n) is 6.51. The number of aromatic nitrogens is 5. The number of imidazole rings is 1. The molecule has 2 aliphatic heterocycles. The minimum absolute atomic E-state index is 0.0918. The Bertz CT molecular complexity index is 1150. The number of nitrogens with zero attached hydrogens (tertiary/aromatic N) is 7. The van der Waals surface area contributed by atoms with E-state index < -0.39 is 5.41 Å². The van der Waals surface area contributed by atoms with Crippen molar-refractivity contribution in [2.24, 2.45) is 19.5 Å². The topological polar surface area (TPSA) is 89.2 Å². The first-order valence-electron chi connectivity index (χ1n) is 10.3. The first kappa shape index (κ1) is 19.9. The van der Waals surface area contributed by atoms with Crippen molar-refractivity contribution in [3.05, 3.63) is 52.3 Å².